The largest absolute Gasteiger partial charge is 0.494 e. The summed E-state index contributed by atoms with van der Waals surface area (Å²) in [6.45, 7) is 2.28. The molecule has 0 spiro atoms. The van der Waals surface area contributed by atoms with Crippen molar-refractivity contribution in [3.8, 4) is 17.0 Å². The Kier molecular flexibility index (Phi) is 8.63. The van der Waals surface area contributed by atoms with Gasteiger partial charge in [0.05, 0.1) is 31.1 Å². The lowest BCUT2D eigenvalue weighted by Crippen LogP contribution is -2.48. The van der Waals surface area contributed by atoms with Crippen molar-refractivity contribution in [2.75, 3.05) is 19.0 Å². The van der Waals surface area contributed by atoms with Gasteiger partial charge in [-0.25, -0.2) is 14.4 Å². The number of benzene rings is 2. The van der Waals surface area contributed by atoms with Gasteiger partial charge in [0.15, 0.2) is 23.0 Å². The molecule has 4 aromatic rings. The number of nitrogens with one attached hydrogen (secondary N) is 4. The Balaban J connectivity index is 1.08. The van der Waals surface area contributed by atoms with Crippen molar-refractivity contribution in [3.63, 3.8) is 0 Å². The van der Waals surface area contributed by atoms with E-state index in [9.17, 15) is 23.5 Å². The molecule has 2 atom stereocenters. The monoisotopic (exact) mass is 619 g/mol. The fourth-order valence-electron chi connectivity index (χ4n) is 6.09. The van der Waals surface area contributed by atoms with Crippen LogP contribution in [0.5, 0.6) is 5.75 Å². The van der Waals surface area contributed by atoms with E-state index >= 15 is 0 Å². The van der Waals surface area contributed by atoms with Gasteiger partial charge >= 0.3 is 0 Å². The lowest BCUT2D eigenvalue weighted by Gasteiger charge is -2.30. The van der Waals surface area contributed by atoms with E-state index in [1.165, 1.54) is 31.6 Å². The summed E-state index contributed by atoms with van der Waals surface area (Å²) in [5.41, 5.74) is 2.77. The molecule has 2 fully saturated rings. The second kappa shape index (κ2) is 12.8. The summed E-state index contributed by atoms with van der Waals surface area (Å²) in [4.78, 5) is 34.4. The number of carbonyl (C=O) groups excluding carboxylic acids is 2. The molecule has 13 heteroatoms. The Morgan fingerprint density at radius 3 is 2.49 bits per heavy atom. The van der Waals surface area contributed by atoms with Crippen LogP contribution in [0, 0.1) is 18.6 Å². The summed E-state index contributed by atoms with van der Waals surface area (Å²) >= 11 is 0. The molecule has 1 saturated carbocycles. The highest BCUT2D eigenvalue weighted by atomic mass is 19.2. The zero-order valence-corrected chi connectivity index (χ0v) is 24.9. The average molecular weight is 620 g/mol. The van der Waals surface area contributed by atoms with Crippen molar-refractivity contribution in [2.24, 2.45) is 0 Å². The van der Waals surface area contributed by atoms with Crippen LogP contribution in [0.3, 0.4) is 0 Å². The van der Waals surface area contributed by atoms with E-state index in [4.69, 9.17) is 4.74 Å². The third kappa shape index (κ3) is 6.31. The number of carbonyl (C=O) groups is 2. The number of ether oxygens (including phenoxy) is 1. The molecule has 236 valence electrons. The molecule has 1 aliphatic carbocycles. The topological polar surface area (TPSA) is 142 Å². The number of methoxy groups -OCH3 is 1. The standard InChI is InChI=1S/C32H35F2N7O4/c1-17-13-20(38-29-30-37-16-25(41(30)12-11-35-29)23-9-10-26(45-2)28(34)27(23)33)7-8-22(17)31(43)39-18-3-5-19(6-4-18)40-32(44)24-14-21(42)15-36-24/h7-13,16,18-19,21,24,36,42H,3-6,14-15H2,1-2H3,(H,35,38)(H,39,43)(H,40,44)/t18?,19?,21-,24+/m1/s1. The molecule has 1 aliphatic heterocycles. The van der Waals surface area contributed by atoms with E-state index in [2.05, 4.69) is 31.2 Å². The van der Waals surface area contributed by atoms with Crippen LogP contribution in [0.2, 0.25) is 0 Å². The first-order chi connectivity index (χ1) is 21.7. The van der Waals surface area contributed by atoms with Crippen molar-refractivity contribution in [3.05, 3.63) is 71.7 Å². The van der Waals surface area contributed by atoms with Gasteiger partial charge in [0.25, 0.3) is 5.91 Å². The maximum absolute atomic E-state index is 14.8. The Morgan fingerprint density at radius 2 is 1.80 bits per heavy atom. The zero-order chi connectivity index (χ0) is 31.7. The number of anilines is 2. The van der Waals surface area contributed by atoms with Gasteiger partial charge in [-0.2, -0.15) is 4.39 Å². The molecular weight excluding hydrogens is 584 g/mol. The van der Waals surface area contributed by atoms with Crippen LogP contribution in [-0.2, 0) is 4.79 Å². The molecule has 11 nitrogen and oxygen atoms in total. The van der Waals surface area contributed by atoms with Crippen LogP contribution in [-0.4, -0.2) is 69.2 Å². The second-order valence-corrected chi connectivity index (χ2v) is 11.6. The van der Waals surface area contributed by atoms with E-state index < -0.39 is 17.7 Å². The molecule has 5 N–H and O–H groups in total. The fourth-order valence-corrected chi connectivity index (χ4v) is 6.09. The number of fused-ring (bicyclic) bond motifs is 1. The zero-order valence-electron chi connectivity index (χ0n) is 24.9. The fraction of sp³-hybridized carbons (Fsp3) is 0.375. The number of aliphatic hydroxyl groups is 1. The van der Waals surface area contributed by atoms with Crippen LogP contribution in [0.15, 0.2) is 48.9 Å². The number of nitrogens with zero attached hydrogens (tertiary/aromatic N) is 3. The van der Waals surface area contributed by atoms with Crippen molar-refractivity contribution >= 4 is 29.0 Å². The molecule has 45 heavy (non-hydrogen) atoms. The van der Waals surface area contributed by atoms with Gasteiger partial charge < -0.3 is 31.1 Å². The molecule has 2 aromatic heterocycles. The predicted octanol–water partition coefficient (Wildman–Crippen LogP) is 3.62. The summed E-state index contributed by atoms with van der Waals surface area (Å²) in [6.07, 6.45) is 7.58. The number of imidazole rings is 1. The molecule has 2 amide bonds. The Hall–Kier alpha value is -4.62. The number of hydrogen-bond donors (Lipinski definition) is 5. The minimum atomic E-state index is -1.08. The first-order valence-corrected chi connectivity index (χ1v) is 15.0. The van der Waals surface area contributed by atoms with Gasteiger partial charge in [-0.05, 0) is 74.9 Å². The van der Waals surface area contributed by atoms with E-state index in [1.54, 1.807) is 22.7 Å². The second-order valence-electron chi connectivity index (χ2n) is 11.6. The summed E-state index contributed by atoms with van der Waals surface area (Å²) in [5.74, 6) is -2.14. The molecule has 2 aliphatic rings. The van der Waals surface area contributed by atoms with Crippen LogP contribution in [0.25, 0.3) is 16.9 Å². The number of hydrogen-bond acceptors (Lipinski definition) is 8. The Bertz CT molecular complexity index is 1740. The van der Waals surface area contributed by atoms with Crippen LogP contribution < -0.4 is 26.0 Å². The average Bonchev–Trinajstić information content (AvgIpc) is 3.67. The van der Waals surface area contributed by atoms with Crippen molar-refractivity contribution in [2.45, 2.75) is 63.3 Å². The number of halogens is 2. The van der Waals surface area contributed by atoms with E-state index in [1.807, 2.05) is 13.0 Å². The molecule has 6 rings (SSSR count). The van der Waals surface area contributed by atoms with Gasteiger partial charge in [0, 0.05) is 47.8 Å². The summed E-state index contributed by atoms with van der Waals surface area (Å²) in [6, 6.07) is 7.86. The quantitative estimate of drug-likeness (QED) is 0.202. The van der Waals surface area contributed by atoms with Gasteiger partial charge in [-0.15, -0.1) is 0 Å². The first kappa shape index (κ1) is 30.4. The summed E-state index contributed by atoms with van der Waals surface area (Å²) in [7, 11) is 1.27. The van der Waals surface area contributed by atoms with Crippen molar-refractivity contribution in [1.29, 1.82) is 0 Å². The lowest BCUT2D eigenvalue weighted by atomic mass is 9.90. The summed E-state index contributed by atoms with van der Waals surface area (Å²) < 4.78 is 35.7. The molecular formula is C32H35F2N7O4. The normalized spacial score (nSPS) is 21.4. The summed E-state index contributed by atoms with van der Waals surface area (Å²) in [5, 5.41) is 22.1. The van der Waals surface area contributed by atoms with E-state index in [-0.39, 0.29) is 41.3 Å². The minimum absolute atomic E-state index is 0.00901. The number of aryl methyl sites for hydroxylation is 1. The van der Waals surface area contributed by atoms with Crippen LogP contribution in [0.1, 0.15) is 48.0 Å². The Morgan fingerprint density at radius 1 is 1.04 bits per heavy atom. The molecule has 3 heterocycles. The minimum Gasteiger partial charge on any atom is -0.494 e. The van der Waals surface area contributed by atoms with Gasteiger partial charge in [0.1, 0.15) is 0 Å². The van der Waals surface area contributed by atoms with Crippen molar-refractivity contribution < 1.29 is 28.2 Å². The molecule has 0 unspecified atom stereocenters. The number of amides is 2. The third-order valence-electron chi connectivity index (χ3n) is 8.54. The van der Waals surface area contributed by atoms with Gasteiger partial charge in [-0.3, -0.25) is 14.0 Å². The number of rotatable bonds is 8. The van der Waals surface area contributed by atoms with E-state index in [0.717, 1.165) is 31.2 Å². The third-order valence-corrected chi connectivity index (χ3v) is 8.54. The lowest BCUT2D eigenvalue weighted by molar-refractivity contribution is -0.123. The Labute approximate surface area is 258 Å². The highest BCUT2D eigenvalue weighted by Gasteiger charge is 2.31. The number of aliphatic hydroxyl groups excluding tert-OH is 1. The molecule has 1 saturated heterocycles. The van der Waals surface area contributed by atoms with E-state index in [0.29, 0.717) is 41.4 Å². The van der Waals surface area contributed by atoms with Crippen LogP contribution in [0.4, 0.5) is 20.3 Å². The number of aromatic nitrogens is 3. The maximum atomic E-state index is 14.8. The van der Waals surface area contributed by atoms with Gasteiger partial charge in [-0.1, -0.05) is 0 Å². The van der Waals surface area contributed by atoms with Crippen molar-refractivity contribution in [1.82, 2.24) is 30.3 Å². The smallest absolute Gasteiger partial charge is 0.251 e. The molecule has 0 bridgehead atoms. The van der Waals surface area contributed by atoms with Gasteiger partial charge in [0.2, 0.25) is 11.7 Å². The molecule has 2 aromatic carbocycles. The highest BCUT2D eigenvalue weighted by Crippen LogP contribution is 2.32. The SMILES string of the molecule is COc1ccc(-c2cnc3c(Nc4ccc(C(=O)NC5CCC(NC(=O)[C@@H]6C[C@@H](O)CN6)CC5)c(C)c4)nccn23)c(F)c1F. The first-order valence-electron chi connectivity index (χ1n) is 15.0. The molecule has 0 radical (unpaired) electrons. The van der Waals surface area contributed by atoms with Crippen LogP contribution >= 0.6 is 0 Å². The predicted molar refractivity (Wildman–Crippen MR) is 163 cm³/mol. The maximum Gasteiger partial charge on any atom is 0.251 e. The highest BCUT2D eigenvalue weighted by molar-refractivity contribution is 5.96. The number of β-amino-alcohol motifs (C(OH)–C–C–N with tert-alkyl or cyclic N) is 1.